The standard InChI is InChI=1S/C24H28N4O2S/c1-16-8-9-20-22(17(16)2)26-24(31-20)28(14-18-6-4-3-5-7-18)21(29)15-27-12-10-19(11-13-27)23(25)30/h3-9,19H,10-15H2,1-2H3,(H2,25,30). The highest BCUT2D eigenvalue weighted by molar-refractivity contribution is 7.22. The number of carbonyl (C=O) groups excluding carboxylic acids is 2. The molecule has 2 aromatic carbocycles. The molecule has 0 unspecified atom stereocenters. The molecular weight excluding hydrogens is 408 g/mol. The summed E-state index contributed by atoms with van der Waals surface area (Å²) in [5.41, 5.74) is 9.83. The smallest absolute Gasteiger partial charge is 0.243 e. The number of amides is 2. The lowest BCUT2D eigenvalue weighted by atomic mass is 9.96. The van der Waals surface area contributed by atoms with Crippen molar-refractivity contribution in [1.82, 2.24) is 9.88 Å². The number of piperidine rings is 1. The molecule has 0 radical (unpaired) electrons. The van der Waals surface area contributed by atoms with Gasteiger partial charge in [0.15, 0.2) is 5.13 Å². The molecule has 3 aromatic rings. The van der Waals surface area contributed by atoms with Gasteiger partial charge in [-0.15, -0.1) is 0 Å². The molecule has 1 aromatic heterocycles. The zero-order valence-corrected chi connectivity index (χ0v) is 18.8. The molecule has 1 saturated heterocycles. The highest BCUT2D eigenvalue weighted by Gasteiger charge is 2.27. The zero-order valence-electron chi connectivity index (χ0n) is 18.0. The van der Waals surface area contributed by atoms with Crippen molar-refractivity contribution in [3.63, 3.8) is 0 Å². The van der Waals surface area contributed by atoms with E-state index in [4.69, 9.17) is 10.7 Å². The molecule has 1 aliphatic heterocycles. The van der Waals surface area contributed by atoms with Gasteiger partial charge < -0.3 is 5.73 Å². The summed E-state index contributed by atoms with van der Waals surface area (Å²) in [5.74, 6) is -0.297. The summed E-state index contributed by atoms with van der Waals surface area (Å²) in [7, 11) is 0. The zero-order chi connectivity index (χ0) is 22.0. The van der Waals surface area contributed by atoms with Crippen LogP contribution in [-0.4, -0.2) is 41.3 Å². The minimum absolute atomic E-state index is 0.0230. The van der Waals surface area contributed by atoms with E-state index in [1.165, 1.54) is 5.56 Å². The van der Waals surface area contributed by atoms with Crippen LogP contribution >= 0.6 is 11.3 Å². The van der Waals surface area contributed by atoms with E-state index < -0.39 is 0 Å². The van der Waals surface area contributed by atoms with E-state index in [9.17, 15) is 9.59 Å². The Morgan fingerprint density at radius 3 is 2.52 bits per heavy atom. The molecule has 6 nitrogen and oxygen atoms in total. The number of aromatic nitrogens is 1. The number of fused-ring (bicyclic) bond motifs is 1. The predicted octanol–water partition coefficient (Wildman–Crippen LogP) is 3.64. The van der Waals surface area contributed by atoms with Crippen LogP contribution in [0.2, 0.25) is 0 Å². The van der Waals surface area contributed by atoms with Crippen LogP contribution in [0, 0.1) is 19.8 Å². The van der Waals surface area contributed by atoms with Gasteiger partial charge in [-0.25, -0.2) is 4.98 Å². The lowest BCUT2D eigenvalue weighted by molar-refractivity contribution is -0.123. The molecule has 162 valence electrons. The average molecular weight is 437 g/mol. The molecule has 2 N–H and O–H groups in total. The Kier molecular flexibility index (Phi) is 6.34. The summed E-state index contributed by atoms with van der Waals surface area (Å²) in [6, 6.07) is 14.2. The van der Waals surface area contributed by atoms with Gasteiger partial charge in [0.1, 0.15) is 0 Å². The third kappa shape index (κ3) is 4.78. The SMILES string of the molecule is Cc1ccc2sc(N(Cc3ccccc3)C(=O)CN3CCC(C(N)=O)CC3)nc2c1C. The first-order valence-electron chi connectivity index (χ1n) is 10.6. The minimum atomic E-state index is -0.239. The van der Waals surface area contributed by atoms with Crippen LogP contribution in [0.25, 0.3) is 10.2 Å². The maximum Gasteiger partial charge on any atom is 0.243 e. The first kappa shape index (κ1) is 21.5. The first-order valence-corrected chi connectivity index (χ1v) is 11.5. The highest BCUT2D eigenvalue weighted by Crippen LogP contribution is 2.33. The molecule has 7 heteroatoms. The molecule has 0 spiro atoms. The van der Waals surface area contributed by atoms with Crippen molar-refractivity contribution in [3.8, 4) is 0 Å². The summed E-state index contributed by atoms with van der Waals surface area (Å²) in [4.78, 5) is 33.6. The Bertz CT molecular complexity index is 1090. The number of anilines is 1. The van der Waals surface area contributed by atoms with Gasteiger partial charge in [-0.3, -0.25) is 19.4 Å². The molecule has 1 fully saturated rings. The maximum atomic E-state index is 13.4. The van der Waals surface area contributed by atoms with Crippen LogP contribution in [0.5, 0.6) is 0 Å². The summed E-state index contributed by atoms with van der Waals surface area (Å²) in [5, 5.41) is 0.726. The van der Waals surface area contributed by atoms with Gasteiger partial charge in [-0.1, -0.05) is 47.7 Å². The average Bonchev–Trinajstić information content (AvgIpc) is 3.20. The maximum absolute atomic E-state index is 13.4. The van der Waals surface area contributed by atoms with Crippen LogP contribution < -0.4 is 10.6 Å². The normalized spacial score (nSPS) is 15.3. The molecule has 2 amide bonds. The van der Waals surface area contributed by atoms with E-state index in [0.29, 0.717) is 39.0 Å². The van der Waals surface area contributed by atoms with Crippen molar-refractivity contribution in [1.29, 1.82) is 0 Å². The number of hydrogen-bond donors (Lipinski definition) is 1. The van der Waals surface area contributed by atoms with Crippen LogP contribution in [0.3, 0.4) is 0 Å². The van der Waals surface area contributed by atoms with Crippen molar-refractivity contribution in [2.24, 2.45) is 11.7 Å². The number of aryl methyl sites for hydroxylation is 2. The second-order valence-corrected chi connectivity index (χ2v) is 9.28. The second-order valence-electron chi connectivity index (χ2n) is 8.27. The fourth-order valence-electron chi connectivity index (χ4n) is 4.01. The number of primary amides is 1. The Labute approximate surface area is 186 Å². The summed E-state index contributed by atoms with van der Waals surface area (Å²) < 4.78 is 1.09. The molecule has 0 bridgehead atoms. The van der Waals surface area contributed by atoms with Crippen molar-refractivity contribution >= 4 is 38.5 Å². The number of hydrogen-bond acceptors (Lipinski definition) is 5. The minimum Gasteiger partial charge on any atom is -0.369 e. The molecule has 0 saturated carbocycles. The van der Waals surface area contributed by atoms with E-state index in [2.05, 4.69) is 30.9 Å². The number of nitrogens with two attached hydrogens (primary N) is 1. The monoisotopic (exact) mass is 436 g/mol. The number of nitrogens with zero attached hydrogens (tertiary/aromatic N) is 3. The van der Waals surface area contributed by atoms with Crippen molar-refractivity contribution < 1.29 is 9.59 Å². The fraction of sp³-hybridized carbons (Fsp3) is 0.375. The molecule has 0 aliphatic carbocycles. The van der Waals surface area contributed by atoms with Crippen molar-refractivity contribution in [3.05, 3.63) is 59.2 Å². The van der Waals surface area contributed by atoms with E-state index in [1.54, 1.807) is 16.2 Å². The molecule has 4 rings (SSSR count). The van der Waals surface area contributed by atoms with E-state index >= 15 is 0 Å². The van der Waals surface area contributed by atoms with E-state index in [-0.39, 0.29) is 17.7 Å². The first-order chi connectivity index (χ1) is 14.9. The number of carbonyl (C=O) groups is 2. The highest BCUT2D eigenvalue weighted by atomic mass is 32.1. The topological polar surface area (TPSA) is 79.5 Å². The van der Waals surface area contributed by atoms with Gasteiger partial charge in [0.2, 0.25) is 11.8 Å². The third-order valence-electron chi connectivity index (χ3n) is 6.14. The second kappa shape index (κ2) is 9.16. The number of thiazole rings is 1. The summed E-state index contributed by atoms with van der Waals surface area (Å²) in [6.45, 7) is 6.36. The number of rotatable bonds is 6. The summed E-state index contributed by atoms with van der Waals surface area (Å²) in [6.07, 6.45) is 1.42. The van der Waals surface area contributed by atoms with Gasteiger partial charge in [0.05, 0.1) is 23.3 Å². The van der Waals surface area contributed by atoms with Gasteiger partial charge in [-0.05, 0) is 62.5 Å². The van der Waals surface area contributed by atoms with Gasteiger partial charge in [0.25, 0.3) is 0 Å². The van der Waals surface area contributed by atoms with Crippen molar-refractivity contribution in [2.75, 3.05) is 24.5 Å². The van der Waals surface area contributed by atoms with Gasteiger partial charge in [0, 0.05) is 5.92 Å². The van der Waals surface area contributed by atoms with Crippen LogP contribution in [0.15, 0.2) is 42.5 Å². The van der Waals surface area contributed by atoms with Crippen LogP contribution in [0.4, 0.5) is 5.13 Å². The van der Waals surface area contributed by atoms with Crippen LogP contribution in [-0.2, 0) is 16.1 Å². The lowest BCUT2D eigenvalue weighted by Gasteiger charge is -2.31. The number of benzene rings is 2. The van der Waals surface area contributed by atoms with Gasteiger partial charge in [-0.2, -0.15) is 0 Å². The molecular formula is C24H28N4O2S. The molecule has 2 heterocycles. The quantitative estimate of drug-likeness (QED) is 0.640. The van der Waals surface area contributed by atoms with Gasteiger partial charge >= 0.3 is 0 Å². The Hall–Kier alpha value is -2.77. The van der Waals surface area contributed by atoms with Crippen molar-refractivity contribution in [2.45, 2.75) is 33.2 Å². The van der Waals surface area contributed by atoms with Crippen LogP contribution in [0.1, 0.15) is 29.5 Å². The Balaban J connectivity index is 1.58. The number of likely N-dealkylation sites (tertiary alicyclic amines) is 1. The largest absolute Gasteiger partial charge is 0.369 e. The summed E-state index contributed by atoms with van der Waals surface area (Å²) >= 11 is 1.56. The lowest BCUT2D eigenvalue weighted by Crippen LogP contribution is -2.45. The Morgan fingerprint density at radius 2 is 1.84 bits per heavy atom. The van der Waals surface area contributed by atoms with E-state index in [1.807, 2.05) is 30.3 Å². The van der Waals surface area contributed by atoms with E-state index in [0.717, 1.165) is 26.5 Å². The molecule has 0 atom stereocenters. The predicted molar refractivity (Wildman–Crippen MR) is 125 cm³/mol. The fourth-order valence-corrected chi connectivity index (χ4v) is 5.05. The third-order valence-corrected chi connectivity index (χ3v) is 7.18. The Morgan fingerprint density at radius 1 is 1.13 bits per heavy atom. The molecule has 31 heavy (non-hydrogen) atoms. The molecule has 1 aliphatic rings.